The lowest BCUT2D eigenvalue weighted by atomic mass is 9.97. The number of halogens is 1. The molecule has 0 radical (unpaired) electrons. The number of aromatic nitrogens is 3. The highest BCUT2D eigenvalue weighted by Crippen LogP contribution is 2.14. The average Bonchev–Trinajstić information content (AvgIpc) is 3.32. The molecule has 2 aromatic heterocycles. The monoisotopic (exact) mass is 532 g/mol. The zero-order chi connectivity index (χ0) is 20.2. The lowest BCUT2D eigenvalue weighted by Crippen LogP contribution is -2.40. The van der Waals surface area contributed by atoms with Crippen molar-refractivity contribution in [3.8, 4) is 0 Å². The van der Waals surface area contributed by atoms with Crippen LogP contribution in [0.2, 0.25) is 0 Å². The van der Waals surface area contributed by atoms with Crippen molar-refractivity contribution >= 4 is 41.3 Å². The van der Waals surface area contributed by atoms with Crippen molar-refractivity contribution in [2.24, 2.45) is 18.0 Å². The summed E-state index contributed by atoms with van der Waals surface area (Å²) in [6.45, 7) is 8.86. The highest BCUT2D eigenvalue weighted by atomic mass is 127. The van der Waals surface area contributed by atoms with E-state index in [1.54, 1.807) is 11.3 Å². The molecule has 0 saturated heterocycles. The molecule has 0 bridgehead atoms. The molecule has 1 unspecified atom stereocenters. The van der Waals surface area contributed by atoms with Gasteiger partial charge >= 0.3 is 0 Å². The van der Waals surface area contributed by atoms with Crippen molar-refractivity contribution in [2.45, 2.75) is 65.8 Å². The lowest BCUT2D eigenvalue weighted by molar-refractivity contribution is 0.423. The fourth-order valence-electron chi connectivity index (χ4n) is 3.16. The van der Waals surface area contributed by atoms with Crippen LogP contribution in [0, 0.1) is 12.8 Å². The maximum Gasteiger partial charge on any atom is 0.191 e. The van der Waals surface area contributed by atoms with E-state index in [4.69, 9.17) is 4.99 Å². The van der Waals surface area contributed by atoms with Crippen molar-refractivity contribution < 1.29 is 0 Å². The van der Waals surface area contributed by atoms with Gasteiger partial charge < -0.3 is 15.2 Å². The summed E-state index contributed by atoms with van der Waals surface area (Å²) in [5.41, 5.74) is 0. The van der Waals surface area contributed by atoms with E-state index < -0.39 is 0 Å². The van der Waals surface area contributed by atoms with E-state index >= 15 is 0 Å². The molecule has 164 valence electrons. The highest BCUT2D eigenvalue weighted by Gasteiger charge is 2.10. The number of thiophene rings is 1. The Morgan fingerprint density at radius 1 is 1.21 bits per heavy atom. The van der Waals surface area contributed by atoms with E-state index in [0.29, 0.717) is 12.5 Å². The summed E-state index contributed by atoms with van der Waals surface area (Å²) in [5, 5.41) is 17.6. The van der Waals surface area contributed by atoms with E-state index in [2.05, 4.69) is 52.2 Å². The quantitative estimate of drug-likeness (QED) is 0.237. The van der Waals surface area contributed by atoms with Gasteiger partial charge in [0, 0.05) is 25.0 Å². The summed E-state index contributed by atoms with van der Waals surface area (Å²) >= 11 is 1.80. The second-order valence-electron chi connectivity index (χ2n) is 7.32. The van der Waals surface area contributed by atoms with E-state index in [9.17, 15) is 0 Å². The Bertz CT molecular complexity index is 698. The summed E-state index contributed by atoms with van der Waals surface area (Å²) < 4.78 is 1.99. The number of nitrogens with zero attached hydrogens (tertiary/aromatic N) is 4. The zero-order valence-electron chi connectivity index (χ0n) is 18.3. The Balaban J connectivity index is 0.00000420. The molecule has 8 heteroatoms. The fraction of sp³-hybridized carbons (Fsp3) is 0.667. The van der Waals surface area contributed by atoms with Gasteiger partial charge in [-0.1, -0.05) is 39.2 Å². The van der Waals surface area contributed by atoms with Crippen LogP contribution in [0.5, 0.6) is 0 Å². The van der Waals surface area contributed by atoms with Gasteiger partial charge in [0.15, 0.2) is 11.8 Å². The number of aryl methyl sites for hydroxylation is 1. The molecule has 2 rings (SSSR count). The molecule has 0 fully saturated rings. The lowest BCUT2D eigenvalue weighted by Gasteiger charge is -2.19. The van der Waals surface area contributed by atoms with Crippen LogP contribution in [0.25, 0.3) is 0 Å². The first-order valence-electron chi connectivity index (χ1n) is 10.5. The third-order valence-electron chi connectivity index (χ3n) is 5.03. The zero-order valence-corrected chi connectivity index (χ0v) is 21.4. The number of rotatable bonds is 12. The number of hydrogen-bond donors (Lipinski definition) is 2. The summed E-state index contributed by atoms with van der Waals surface area (Å²) in [6, 6.07) is 4.29. The summed E-state index contributed by atoms with van der Waals surface area (Å²) in [5.74, 6) is 3.36. The largest absolute Gasteiger partial charge is 0.356 e. The van der Waals surface area contributed by atoms with Gasteiger partial charge in [-0.25, -0.2) is 4.99 Å². The SMILES string of the molecule is CCCCC(CCC)CNC(=NCc1nnc(C)n1C)NCCc1cccs1.I. The molecule has 2 aromatic rings. The number of aliphatic imine (C=N–C) groups is 1. The molecule has 0 aromatic carbocycles. The molecule has 0 aliphatic heterocycles. The van der Waals surface area contributed by atoms with E-state index in [-0.39, 0.29) is 24.0 Å². The first kappa shape index (κ1) is 25.9. The third-order valence-corrected chi connectivity index (χ3v) is 5.96. The van der Waals surface area contributed by atoms with E-state index in [1.165, 1.54) is 37.0 Å². The molecule has 2 N–H and O–H groups in total. The molecule has 6 nitrogen and oxygen atoms in total. The van der Waals surface area contributed by atoms with Gasteiger partial charge in [0.1, 0.15) is 12.4 Å². The number of nitrogens with one attached hydrogen (secondary N) is 2. The summed E-state index contributed by atoms with van der Waals surface area (Å²) in [7, 11) is 1.99. The molecule has 1 atom stereocenters. The van der Waals surface area contributed by atoms with Crippen LogP contribution < -0.4 is 10.6 Å². The summed E-state index contributed by atoms with van der Waals surface area (Å²) in [4.78, 5) is 6.17. The van der Waals surface area contributed by atoms with Crippen molar-refractivity contribution in [3.05, 3.63) is 34.0 Å². The molecular formula is C21H37IN6S. The molecule has 0 spiro atoms. The Labute approximate surface area is 197 Å². The normalized spacial score (nSPS) is 12.5. The smallest absolute Gasteiger partial charge is 0.191 e. The van der Waals surface area contributed by atoms with Gasteiger partial charge in [-0.05, 0) is 43.6 Å². The van der Waals surface area contributed by atoms with Crippen molar-refractivity contribution in [3.63, 3.8) is 0 Å². The molecule has 0 aliphatic rings. The topological polar surface area (TPSA) is 67.1 Å². The van der Waals surface area contributed by atoms with Crippen molar-refractivity contribution in [1.29, 1.82) is 0 Å². The van der Waals surface area contributed by atoms with Crippen LogP contribution in [0.3, 0.4) is 0 Å². The second kappa shape index (κ2) is 14.8. The van der Waals surface area contributed by atoms with Gasteiger partial charge in [0.25, 0.3) is 0 Å². The minimum absolute atomic E-state index is 0. The second-order valence-corrected chi connectivity index (χ2v) is 8.35. The fourth-order valence-corrected chi connectivity index (χ4v) is 3.87. The van der Waals surface area contributed by atoms with E-state index in [0.717, 1.165) is 37.1 Å². The van der Waals surface area contributed by atoms with Gasteiger partial charge in [0.2, 0.25) is 0 Å². The molecular weight excluding hydrogens is 495 g/mol. The van der Waals surface area contributed by atoms with Crippen LogP contribution in [0.4, 0.5) is 0 Å². The van der Waals surface area contributed by atoms with Crippen LogP contribution >= 0.6 is 35.3 Å². The van der Waals surface area contributed by atoms with E-state index in [1.807, 2.05) is 18.5 Å². The number of unbranched alkanes of at least 4 members (excludes halogenated alkanes) is 1. The van der Waals surface area contributed by atoms with Gasteiger partial charge in [0.05, 0.1) is 0 Å². The predicted molar refractivity (Wildman–Crippen MR) is 134 cm³/mol. The Morgan fingerprint density at radius 2 is 2.03 bits per heavy atom. The van der Waals surface area contributed by atoms with Crippen LogP contribution in [-0.2, 0) is 20.0 Å². The minimum atomic E-state index is 0. The number of hydrogen-bond acceptors (Lipinski definition) is 4. The highest BCUT2D eigenvalue weighted by molar-refractivity contribution is 14.0. The van der Waals surface area contributed by atoms with Gasteiger partial charge in [-0.15, -0.1) is 45.5 Å². The minimum Gasteiger partial charge on any atom is -0.356 e. The van der Waals surface area contributed by atoms with Crippen molar-refractivity contribution in [2.75, 3.05) is 13.1 Å². The van der Waals surface area contributed by atoms with Crippen LogP contribution in [0.1, 0.15) is 62.5 Å². The molecule has 0 amide bonds. The third kappa shape index (κ3) is 9.46. The maximum atomic E-state index is 4.77. The molecule has 0 aliphatic carbocycles. The van der Waals surface area contributed by atoms with Gasteiger partial charge in [-0.3, -0.25) is 0 Å². The molecule has 2 heterocycles. The number of guanidine groups is 1. The average molecular weight is 533 g/mol. The predicted octanol–water partition coefficient (Wildman–Crippen LogP) is 4.69. The first-order valence-corrected chi connectivity index (χ1v) is 11.4. The Kier molecular flexibility index (Phi) is 13.2. The van der Waals surface area contributed by atoms with Crippen LogP contribution in [-0.4, -0.2) is 33.8 Å². The van der Waals surface area contributed by atoms with Crippen LogP contribution in [0.15, 0.2) is 22.5 Å². The standard InChI is InChI=1S/C21H36N6S.HI/c1-5-7-10-18(9-6-2)15-23-21(22-13-12-19-11-8-14-28-19)24-16-20-26-25-17(3)27(20)4;/h8,11,14,18H,5-7,9-10,12-13,15-16H2,1-4H3,(H2,22,23,24);1H. The molecule has 29 heavy (non-hydrogen) atoms. The Morgan fingerprint density at radius 3 is 2.66 bits per heavy atom. The maximum absolute atomic E-state index is 4.77. The van der Waals surface area contributed by atoms with Gasteiger partial charge in [-0.2, -0.15) is 0 Å². The Hall–Kier alpha value is -1.16. The summed E-state index contributed by atoms with van der Waals surface area (Å²) in [6.07, 6.45) is 7.33. The molecule has 0 saturated carbocycles. The van der Waals surface area contributed by atoms with Crippen molar-refractivity contribution in [1.82, 2.24) is 25.4 Å². The first-order chi connectivity index (χ1) is 13.6.